The molecule has 0 aliphatic carbocycles. The number of hydrogen-bond acceptors (Lipinski definition) is 5. The highest BCUT2D eigenvalue weighted by atomic mass is 16.5. The number of rotatable bonds is 6. The molecule has 24 heavy (non-hydrogen) atoms. The Labute approximate surface area is 140 Å². The lowest BCUT2D eigenvalue weighted by atomic mass is 10.0. The largest absolute Gasteiger partial charge is 0.491 e. The SMILES string of the molecule is CN1CCC(C(O)COc2ccccc2)C1.O=C(O)C=CC(=O)O. The van der Waals surface area contributed by atoms with Crippen LogP contribution in [-0.2, 0) is 9.59 Å². The second kappa shape index (κ2) is 10.4. The number of nitrogens with zero attached hydrogens (tertiary/aromatic N) is 1. The molecule has 1 saturated heterocycles. The molecule has 3 N–H and O–H groups in total. The molecular formula is C17H23NO6. The molecule has 1 aromatic rings. The summed E-state index contributed by atoms with van der Waals surface area (Å²) >= 11 is 0. The lowest BCUT2D eigenvalue weighted by Gasteiger charge is -2.18. The summed E-state index contributed by atoms with van der Waals surface area (Å²) in [7, 11) is 2.09. The summed E-state index contributed by atoms with van der Waals surface area (Å²) in [4.78, 5) is 21.4. The highest BCUT2D eigenvalue weighted by Gasteiger charge is 2.26. The van der Waals surface area contributed by atoms with Gasteiger partial charge in [-0.05, 0) is 32.1 Å². The maximum atomic E-state index is 9.98. The summed E-state index contributed by atoms with van der Waals surface area (Å²) in [5.74, 6) is -1.33. The number of carboxylic acids is 2. The minimum Gasteiger partial charge on any atom is -0.491 e. The van der Waals surface area contributed by atoms with Crippen molar-refractivity contribution in [2.45, 2.75) is 12.5 Å². The van der Waals surface area contributed by atoms with Gasteiger partial charge in [0.25, 0.3) is 0 Å². The van der Waals surface area contributed by atoms with Crippen molar-refractivity contribution in [3.8, 4) is 5.75 Å². The van der Waals surface area contributed by atoms with Crippen LogP contribution in [0.1, 0.15) is 6.42 Å². The standard InChI is InChI=1S/C13H19NO2.C4H4O4/c1-14-8-7-11(9-14)13(15)10-16-12-5-3-2-4-6-12;5-3(6)1-2-4(7)8/h2-6,11,13,15H,7-10H2,1H3;1-2H,(H,5,6)(H,7,8). The average Bonchev–Trinajstić information content (AvgIpc) is 2.99. The van der Waals surface area contributed by atoms with Crippen molar-refractivity contribution in [1.29, 1.82) is 0 Å². The molecule has 1 aliphatic heterocycles. The van der Waals surface area contributed by atoms with Crippen LogP contribution in [0.15, 0.2) is 42.5 Å². The molecule has 132 valence electrons. The van der Waals surface area contributed by atoms with Gasteiger partial charge in [-0.2, -0.15) is 0 Å². The van der Waals surface area contributed by atoms with Gasteiger partial charge in [-0.25, -0.2) is 9.59 Å². The summed E-state index contributed by atoms with van der Waals surface area (Å²) in [6, 6.07) is 9.65. The topological polar surface area (TPSA) is 107 Å². The molecule has 1 heterocycles. The zero-order valence-electron chi connectivity index (χ0n) is 13.5. The van der Waals surface area contributed by atoms with Crippen molar-refractivity contribution in [3.05, 3.63) is 42.5 Å². The van der Waals surface area contributed by atoms with Crippen LogP contribution in [-0.4, -0.2) is 65.0 Å². The molecule has 0 bridgehead atoms. The van der Waals surface area contributed by atoms with E-state index in [1.807, 2.05) is 30.3 Å². The third kappa shape index (κ3) is 8.30. The summed E-state index contributed by atoms with van der Waals surface area (Å²) < 4.78 is 5.55. The third-order valence-corrected chi connectivity index (χ3v) is 3.50. The minimum atomic E-state index is -1.26. The number of hydrogen-bond donors (Lipinski definition) is 3. The predicted octanol–water partition coefficient (Wildman–Crippen LogP) is 1.09. The third-order valence-electron chi connectivity index (χ3n) is 3.50. The Kier molecular flexibility index (Phi) is 8.53. The fourth-order valence-corrected chi connectivity index (χ4v) is 2.26. The number of para-hydroxylation sites is 1. The van der Waals surface area contributed by atoms with Crippen LogP contribution in [0.4, 0.5) is 0 Å². The Bertz CT molecular complexity index is 529. The molecule has 1 aliphatic rings. The molecule has 0 spiro atoms. The molecule has 2 rings (SSSR count). The molecule has 2 unspecified atom stereocenters. The first-order valence-electron chi connectivity index (χ1n) is 7.57. The van der Waals surface area contributed by atoms with Crippen molar-refractivity contribution in [2.75, 3.05) is 26.7 Å². The van der Waals surface area contributed by atoms with Crippen LogP contribution in [0.3, 0.4) is 0 Å². The van der Waals surface area contributed by atoms with Crippen molar-refractivity contribution in [2.24, 2.45) is 5.92 Å². The first-order valence-corrected chi connectivity index (χ1v) is 7.57. The van der Waals surface area contributed by atoms with Gasteiger partial charge >= 0.3 is 11.9 Å². The highest BCUT2D eigenvalue weighted by molar-refractivity contribution is 5.89. The van der Waals surface area contributed by atoms with Gasteiger partial charge in [0.05, 0.1) is 6.10 Å². The fourth-order valence-electron chi connectivity index (χ4n) is 2.26. The van der Waals surface area contributed by atoms with Gasteiger partial charge in [-0.3, -0.25) is 0 Å². The number of carboxylic acid groups (broad SMARTS) is 2. The Balaban J connectivity index is 0.000000307. The minimum absolute atomic E-state index is 0.355. The number of ether oxygens (including phenoxy) is 1. The molecule has 7 nitrogen and oxygen atoms in total. The number of benzene rings is 1. The Hall–Kier alpha value is -2.38. The van der Waals surface area contributed by atoms with Gasteiger partial charge in [-0.1, -0.05) is 18.2 Å². The Morgan fingerprint density at radius 2 is 1.83 bits per heavy atom. The number of carbonyl (C=O) groups is 2. The van der Waals surface area contributed by atoms with Crippen molar-refractivity contribution in [1.82, 2.24) is 4.90 Å². The molecule has 7 heteroatoms. The highest BCUT2D eigenvalue weighted by Crippen LogP contribution is 2.19. The Morgan fingerprint density at radius 3 is 2.29 bits per heavy atom. The van der Waals surface area contributed by atoms with E-state index in [4.69, 9.17) is 14.9 Å². The monoisotopic (exact) mass is 337 g/mol. The summed E-state index contributed by atoms with van der Waals surface area (Å²) in [5.41, 5.74) is 0. The van der Waals surface area contributed by atoms with E-state index < -0.39 is 11.9 Å². The smallest absolute Gasteiger partial charge is 0.328 e. The second-order valence-electron chi connectivity index (χ2n) is 5.51. The van der Waals surface area contributed by atoms with Gasteiger partial charge < -0.3 is 25.0 Å². The van der Waals surface area contributed by atoms with Crippen LogP contribution in [0.5, 0.6) is 5.75 Å². The number of aliphatic carboxylic acids is 2. The van der Waals surface area contributed by atoms with E-state index in [2.05, 4.69) is 11.9 Å². The van der Waals surface area contributed by atoms with Crippen LogP contribution in [0.25, 0.3) is 0 Å². The lowest BCUT2D eigenvalue weighted by Crippen LogP contribution is -2.29. The van der Waals surface area contributed by atoms with Crippen LogP contribution in [0, 0.1) is 5.92 Å². The molecule has 0 saturated carbocycles. The molecule has 0 aromatic heterocycles. The zero-order valence-corrected chi connectivity index (χ0v) is 13.5. The quantitative estimate of drug-likeness (QED) is 0.667. The summed E-state index contributed by atoms with van der Waals surface area (Å²) in [5, 5.41) is 25.6. The molecule has 2 atom stereocenters. The van der Waals surface area contributed by atoms with E-state index in [-0.39, 0.29) is 6.10 Å². The van der Waals surface area contributed by atoms with Crippen LogP contribution >= 0.6 is 0 Å². The normalized spacial score (nSPS) is 18.7. The zero-order chi connectivity index (χ0) is 17.9. The summed E-state index contributed by atoms with van der Waals surface area (Å²) in [6.07, 6.45) is 1.82. The van der Waals surface area contributed by atoms with Crippen molar-refractivity contribution < 1.29 is 29.6 Å². The molecule has 1 fully saturated rings. The number of aliphatic hydroxyl groups excluding tert-OH is 1. The van der Waals surface area contributed by atoms with Gasteiger partial charge in [0.15, 0.2) is 0 Å². The molecular weight excluding hydrogens is 314 g/mol. The van der Waals surface area contributed by atoms with E-state index in [1.54, 1.807) is 0 Å². The maximum absolute atomic E-state index is 9.98. The molecule has 1 aromatic carbocycles. The van der Waals surface area contributed by atoms with E-state index in [1.165, 1.54) is 0 Å². The van der Waals surface area contributed by atoms with Gasteiger partial charge in [-0.15, -0.1) is 0 Å². The van der Waals surface area contributed by atoms with Crippen LogP contribution in [0.2, 0.25) is 0 Å². The first-order chi connectivity index (χ1) is 11.4. The number of likely N-dealkylation sites (tertiary alicyclic amines) is 1. The molecule has 0 amide bonds. The predicted molar refractivity (Wildman–Crippen MR) is 88.0 cm³/mol. The van der Waals surface area contributed by atoms with Crippen molar-refractivity contribution in [3.63, 3.8) is 0 Å². The molecule has 0 radical (unpaired) electrons. The van der Waals surface area contributed by atoms with Gasteiger partial charge in [0.1, 0.15) is 12.4 Å². The van der Waals surface area contributed by atoms with E-state index in [0.29, 0.717) is 24.7 Å². The van der Waals surface area contributed by atoms with Crippen molar-refractivity contribution >= 4 is 11.9 Å². The summed E-state index contributed by atoms with van der Waals surface area (Å²) in [6.45, 7) is 2.44. The Morgan fingerprint density at radius 1 is 1.25 bits per heavy atom. The maximum Gasteiger partial charge on any atom is 0.328 e. The number of aliphatic hydroxyl groups is 1. The lowest BCUT2D eigenvalue weighted by molar-refractivity contribution is -0.134. The average molecular weight is 337 g/mol. The van der Waals surface area contributed by atoms with E-state index in [0.717, 1.165) is 25.3 Å². The van der Waals surface area contributed by atoms with E-state index >= 15 is 0 Å². The van der Waals surface area contributed by atoms with E-state index in [9.17, 15) is 14.7 Å². The van der Waals surface area contributed by atoms with Gasteiger partial charge in [0, 0.05) is 24.6 Å². The van der Waals surface area contributed by atoms with Gasteiger partial charge in [0.2, 0.25) is 0 Å². The first kappa shape index (κ1) is 19.7. The fraction of sp³-hybridized carbons (Fsp3) is 0.412. The second-order valence-corrected chi connectivity index (χ2v) is 5.51. The van der Waals surface area contributed by atoms with Crippen LogP contribution < -0.4 is 4.74 Å².